The van der Waals surface area contributed by atoms with Crippen LogP contribution in [0.1, 0.15) is 29.9 Å². The number of carbonyl (C=O) groups is 1. The Hall–Kier alpha value is -2.31. The molecule has 2 aromatic rings. The Labute approximate surface area is 121 Å². The van der Waals surface area contributed by atoms with Crippen LogP contribution in [-0.4, -0.2) is 27.4 Å². The molecule has 0 bridgehead atoms. The molecule has 0 radical (unpaired) electrons. The number of hydrogen-bond acceptors (Lipinski definition) is 4. The van der Waals surface area contributed by atoms with E-state index in [9.17, 15) is 13.6 Å². The van der Waals surface area contributed by atoms with Crippen molar-refractivity contribution in [2.75, 3.05) is 0 Å². The van der Waals surface area contributed by atoms with Gasteiger partial charge in [0.1, 0.15) is 13.2 Å². The van der Waals surface area contributed by atoms with Crippen LogP contribution in [0.4, 0.5) is 8.78 Å². The molecule has 21 heavy (non-hydrogen) atoms. The molecule has 0 unspecified atom stereocenters. The second kappa shape index (κ2) is 8.78. The molecule has 0 saturated heterocycles. The molecule has 0 spiro atoms. The number of halogens is 2. The third-order valence-corrected chi connectivity index (χ3v) is 2.26. The van der Waals surface area contributed by atoms with Crippen molar-refractivity contribution in [1.82, 2.24) is 15.0 Å². The molecular weight excluding hydrogens is 280 g/mol. The van der Waals surface area contributed by atoms with Crippen LogP contribution in [0.25, 0.3) is 0 Å². The standard InChI is InChI=1S/C12H11F2N3O2.C2H6/c13-11(14)7-17-15-6-10(16-17)12(18)19-8-9-4-2-1-3-5-9;1-2/h1-6,11H,7-8H2;1-2H3. The summed E-state index contributed by atoms with van der Waals surface area (Å²) in [5, 5.41) is 7.17. The first-order valence-electron chi connectivity index (χ1n) is 6.54. The molecule has 7 heteroatoms. The highest BCUT2D eigenvalue weighted by Gasteiger charge is 2.14. The van der Waals surface area contributed by atoms with E-state index in [0.717, 1.165) is 16.6 Å². The van der Waals surface area contributed by atoms with Crippen molar-refractivity contribution in [3.63, 3.8) is 0 Å². The maximum Gasteiger partial charge on any atom is 0.360 e. The maximum atomic E-state index is 12.1. The van der Waals surface area contributed by atoms with Gasteiger partial charge in [0.05, 0.1) is 6.20 Å². The summed E-state index contributed by atoms with van der Waals surface area (Å²) < 4.78 is 29.2. The molecule has 0 saturated carbocycles. The predicted octanol–water partition coefficient (Wildman–Crippen LogP) is 2.93. The number of benzene rings is 1. The van der Waals surface area contributed by atoms with Gasteiger partial charge in [-0.15, -0.1) is 5.10 Å². The fraction of sp³-hybridized carbons (Fsp3) is 0.357. The van der Waals surface area contributed by atoms with Crippen LogP contribution in [0.2, 0.25) is 0 Å². The van der Waals surface area contributed by atoms with Crippen LogP contribution >= 0.6 is 0 Å². The third kappa shape index (κ3) is 5.68. The largest absolute Gasteiger partial charge is 0.456 e. The number of hydrogen-bond donors (Lipinski definition) is 0. The summed E-state index contributed by atoms with van der Waals surface area (Å²) in [5.74, 6) is -0.690. The van der Waals surface area contributed by atoms with Crippen molar-refractivity contribution in [3.8, 4) is 0 Å². The fourth-order valence-corrected chi connectivity index (χ4v) is 1.40. The zero-order chi connectivity index (χ0) is 15.7. The Balaban J connectivity index is 0.00000106. The molecule has 1 heterocycles. The van der Waals surface area contributed by atoms with E-state index in [1.807, 2.05) is 32.0 Å². The molecule has 0 fully saturated rings. The Morgan fingerprint density at radius 1 is 1.29 bits per heavy atom. The Kier molecular flexibility index (Phi) is 7.00. The lowest BCUT2D eigenvalue weighted by Gasteiger charge is -2.02. The Bertz CT molecular complexity index is 544. The van der Waals surface area contributed by atoms with E-state index in [2.05, 4.69) is 10.2 Å². The number of alkyl halides is 2. The number of carbonyl (C=O) groups excluding carboxylic acids is 1. The van der Waals surface area contributed by atoms with Gasteiger partial charge >= 0.3 is 5.97 Å². The number of rotatable bonds is 5. The highest BCUT2D eigenvalue weighted by molar-refractivity contribution is 5.86. The van der Waals surface area contributed by atoms with Crippen molar-refractivity contribution < 1.29 is 18.3 Å². The molecule has 0 aliphatic rings. The molecule has 0 aliphatic heterocycles. The number of aromatic nitrogens is 3. The van der Waals surface area contributed by atoms with Gasteiger partial charge in [0, 0.05) is 0 Å². The van der Waals surface area contributed by atoms with Crippen LogP contribution in [0.3, 0.4) is 0 Å². The van der Waals surface area contributed by atoms with Crippen molar-refractivity contribution in [1.29, 1.82) is 0 Å². The Morgan fingerprint density at radius 3 is 2.57 bits per heavy atom. The highest BCUT2D eigenvalue weighted by atomic mass is 19.3. The van der Waals surface area contributed by atoms with Gasteiger partial charge in [0.2, 0.25) is 0 Å². The summed E-state index contributed by atoms with van der Waals surface area (Å²) in [7, 11) is 0. The van der Waals surface area contributed by atoms with E-state index in [4.69, 9.17) is 4.74 Å². The monoisotopic (exact) mass is 297 g/mol. The average molecular weight is 297 g/mol. The first kappa shape index (κ1) is 16.7. The van der Waals surface area contributed by atoms with Crippen molar-refractivity contribution >= 4 is 5.97 Å². The van der Waals surface area contributed by atoms with Crippen LogP contribution in [0.15, 0.2) is 36.5 Å². The van der Waals surface area contributed by atoms with Gasteiger partial charge in [-0.25, -0.2) is 13.6 Å². The quantitative estimate of drug-likeness (QED) is 0.796. The molecule has 0 atom stereocenters. The highest BCUT2D eigenvalue weighted by Crippen LogP contribution is 2.04. The van der Waals surface area contributed by atoms with Gasteiger partial charge in [-0.1, -0.05) is 44.2 Å². The molecule has 2 rings (SSSR count). The third-order valence-electron chi connectivity index (χ3n) is 2.26. The zero-order valence-electron chi connectivity index (χ0n) is 11.9. The number of nitrogens with zero attached hydrogens (tertiary/aromatic N) is 3. The minimum atomic E-state index is -2.57. The summed E-state index contributed by atoms with van der Waals surface area (Å²) in [6.07, 6.45) is -1.46. The van der Waals surface area contributed by atoms with Crippen LogP contribution < -0.4 is 0 Å². The van der Waals surface area contributed by atoms with Gasteiger partial charge in [0.25, 0.3) is 6.43 Å². The van der Waals surface area contributed by atoms with E-state index < -0.39 is 18.9 Å². The number of ether oxygens (including phenoxy) is 1. The summed E-state index contributed by atoms with van der Waals surface area (Å²) in [4.78, 5) is 12.4. The predicted molar refractivity (Wildman–Crippen MR) is 72.9 cm³/mol. The topological polar surface area (TPSA) is 57.0 Å². The molecule has 5 nitrogen and oxygen atoms in total. The van der Waals surface area contributed by atoms with E-state index >= 15 is 0 Å². The summed E-state index contributed by atoms with van der Waals surface area (Å²) in [6, 6.07) is 9.10. The lowest BCUT2D eigenvalue weighted by Crippen LogP contribution is -2.11. The van der Waals surface area contributed by atoms with Gasteiger partial charge in [0.15, 0.2) is 5.69 Å². The second-order valence-electron chi connectivity index (χ2n) is 3.74. The summed E-state index contributed by atoms with van der Waals surface area (Å²) in [5.41, 5.74) is 0.743. The average Bonchev–Trinajstić information content (AvgIpc) is 2.96. The molecule has 1 aromatic heterocycles. The molecule has 114 valence electrons. The van der Waals surface area contributed by atoms with Crippen molar-refractivity contribution in [3.05, 3.63) is 47.8 Å². The molecule has 0 amide bonds. The Morgan fingerprint density at radius 2 is 1.95 bits per heavy atom. The van der Waals surface area contributed by atoms with E-state index in [0.29, 0.717) is 0 Å². The minimum Gasteiger partial charge on any atom is -0.456 e. The number of esters is 1. The smallest absolute Gasteiger partial charge is 0.360 e. The van der Waals surface area contributed by atoms with Crippen molar-refractivity contribution in [2.24, 2.45) is 0 Å². The summed E-state index contributed by atoms with van der Waals surface area (Å²) >= 11 is 0. The minimum absolute atomic E-state index is 0.0865. The van der Waals surface area contributed by atoms with Gasteiger partial charge in [-0.2, -0.15) is 9.90 Å². The van der Waals surface area contributed by atoms with E-state index in [-0.39, 0.29) is 12.3 Å². The van der Waals surface area contributed by atoms with Crippen LogP contribution in [-0.2, 0) is 17.9 Å². The van der Waals surface area contributed by atoms with E-state index in [1.54, 1.807) is 12.1 Å². The first-order valence-corrected chi connectivity index (χ1v) is 6.54. The zero-order valence-corrected chi connectivity index (χ0v) is 11.9. The van der Waals surface area contributed by atoms with Crippen LogP contribution in [0.5, 0.6) is 0 Å². The summed E-state index contributed by atoms with van der Waals surface area (Å²) in [6.45, 7) is 3.45. The van der Waals surface area contributed by atoms with Gasteiger partial charge < -0.3 is 4.74 Å². The van der Waals surface area contributed by atoms with Gasteiger partial charge in [-0.3, -0.25) is 0 Å². The van der Waals surface area contributed by atoms with Gasteiger partial charge in [-0.05, 0) is 5.56 Å². The van der Waals surface area contributed by atoms with Crippen LogP contribution in [0, 0.1) is 0 Å². The second-order valence-corrected chi connectivity index (χ2v) is 3.74. The first-order chi connectivity index (χ1) is 10.1. The maximum absolute atomic E-state index is 12.1. The lowest BCUT2D eigenvalue weighted by molar-refractivity contribution is 0.0462. The normalized spacial score (nSPS) is 9.95. The fourth-order valence-electron chi connectivity index (χ4n) is 1.40. The van der Waals surface area contributed by atoms with E-state index in [1.165, 1.54) is 0 Å². The molecular formula is C14H17F2N3O2. The SMILES string of the molecule is CC.O=C(OCc1ccccc1)c1cnn(CC(F)F)n1. The van der Waals surface area contributed by atoms with Crippen molar-refractivity contribution in [2.45, 2.75) is 33.4 Å². The lowest BCUT2D eigenvalue weighted by atomic mass is 10.2. The molecule has 0 aliphatic carbocycles. The molecule has 1 aromatic carbocycles. The molecule has 0 N–H and O–H groups in total.